The van der Waals surface area contributed by atoms with Crippen LogP contribution in [0.25, 0.3) is 0 Å². The van der Waals surface area contributed by atoms with Crippen LogP contribution in [0.3, 0.4) is 0 Å². The monoisotopic (exact) mass is 316 g/mol. The lowest BCUT2D eigenvalue weighted by molar-refractivity contribution is -0.384. The second kappa shape index (κ2) is 7.21. The number of aromatic nitrogens is 1. The van der Waals surface area contributed by atoms with E-state index in [2.05, 4.69) is 15.5 Å². The highest BCUT2D eigenvalue weighted by atomic mass is 16.6. The highest BCUT2D eigenvalue weighted by Gasteiger charge is 2.13. The quantitative estimate of drug-likeness (QED) is 0.500. The summed E-state index contributed by atoms with van der Waals surface area (Å²) < 4.78 is 10.5. The molecule has 2 aromatic rings. The van der Waals surface area contributed by atoms with Crippen LogP contribution >= 0.6 is 0 Å². The molecule has 0 bridgehead atoms. The molecule has 1 heterocycles. The minimum Gasteiger partial charge on any atom is -0.493 e. The number of nitro groups is 1. The summed E-state index contributed by atoms with van der Waals surface area (Å²) in [7, 11) is 3.11. The number of hydrogen-bond donors (Lipinski definition) is 1. The zero-order valence-corrected chi connectivity index (χ0v) is 12.9. The van der Waals surface area contributed by atoms with Gasteiger partial charge in [-0.25, -0.2) is 4.98 Å². The van der Waals surface area contributed by atoms with Gasteiger partial charge >= 0.3 is 5.69 Å². The van der Waals surface area contributed by atoms with Gasteiger partial charge in [0, 0.05) is 17.8 Å². The Kier molecular flexibility index (Phi) is 5.08. The molecule has 0 atom stereocenters. The number of benzene rings is 1. The van der Waals surface area contributed by atoms with Gasteiger partial charge < -0.3 is 9.47 Å². The number of rotatable bonds is 6. The third kappa shape index (κ3) is 3.73. The van der Waals surface area contributed by atoms with Crippen LogP contribution in [0.2, 0.25) is 0 Å². The first-order valence-electron chi connectivity index (χ1n) is 6.68. The van der Waals surface area contributed by atoms with E-state index in [9.17, 15) is 10.1 Å². The molecule has 0 aliphatic rings. The molecule has 0 saturated heterocycles. The van der Waals surface area contributed by atoms with Crippen molar-refractivity contribution in [2.24, 2.45) is 5.10 Å². The summed E-state index contributed by atoms with van der Waals surface area (Å²) in [5, 5.41) is 14.9. The van der Waals surface area contributed by atoms with Gasteiger partial charge in [-0.3, -0.25) is 15.5 Å². The van der Waals surface area contributed by atoms with Crippen molar-refractivity contribution in [3.63, 3.8) is 0 Å². The Balaban J connectivity index is 2.23. The molecule has 23 heavy (non-hydrogen) atoms. The summed E-state index contributed by atoms with van der Waals surface area (Å²) in [5.41, 5.74) is 4.14. The van der Waals surface area contributed by atoms with E-state index in [1.54, 1.807) is 20.3 Å². The molecule has 8 nitrogen and oxygen atoms in total. The molecule has 120 valence electrons. The van der Waals surface area contributed by atoms with Gasteiger partial charge in [0.05, 0.1) is 25.4 Å². The molecular weight excluding hydrogens is 300 g/mol. The fraction of sp³-hybridized carbons (Fsp3) is 0.200. The fourth-order valence-electron chi connectivity index (χ4n) is 1.93. The van der Waals surface area contributed by atoms with E-state index in [1.807, 2.05) is 13.0 Å². The minimum atomic E-state index is -0.521. The van der Waals surface area contributed by atoms with Crippen LogP contribution in [0.4, 0.5) is 11.5 Å². The maximum Gasteiger partial charge on any atom is 0.313 e. The van der Waals surface area contributed by atoms with Gasteiger partial charge in [-0.05, 0) is 30.7 Å². The summed E-state index contributed by atoms with van der Waals surface area (Å²) in [5.74, 6) is 1.27. The molecule has 0 radical (unpaired) electrons. The summed E-state index contributed by atoms with van der Waals surface area (Å²) in [6.45, 7) is 1.90. The summed E-state index contributed by atoms with van der Waals surface area (Å²) in [6, 6.07) is 6.44. The summed E-state index contributed by atoms with van der Waals surface area (Å²) in [4.78, 5) is 14.3. The van der Waals surface area contributed by atoms with Crippen LogP contribution in [-0.2, 0) is 0 Å². The predicted molar refractivity (Wildman–Crippen MR) is 86.4 cm³/mol. The lowest BCUT2D eigenvalue weighted by Gasteiger charge is -2.10. The molecule has 0 aliphatic carbocycles. The number of hydrazone groups is 1. The topological polar surface area (TPSA) is 98.9 Å². The van der Waals surface area contributed by atoms with Crippen LogP contribution in [0.15, 0.2) is 35.6 Å². The molecule has 0 fully saturated rings. The smallest absolute Gasteiger partial charge is 0.313 e. The van der Waals surface area contributed by atoms with Crippen molar-refractivity contribution in [1.29, 1.82) is 0 Å². The van der Waals surface area contributed by atoms with Gasteiger partial charge in [0.2, 0.25) is 5.82 Å². The molecule has 1 aromatic carbocycles. The number of aryl methyl sites for hydroxylation is 1. The number of nitrogens with zero attached hydrogens (tertiary/aromatic N) is 3. The van der Waals surface area contributed by atoms with Crippen LogP contribution < -0.4 is 14.9 Å². The Bertz CT molecular complexity index is 746. The number of methoxy groups -OCH3 is 2. The zero-order chi connectivity index (χ0) is 16.8. The van der Waals surface area contributed by atoms with Crippen molar-refractivity contribution >= 4 is 17.7 Å². The van der Waals surface area contributed by atoms with Crippen LogP contribution in [-0.4, -0.2) is 30.3 Å². The van der Waals surface area contributed by atoms with Crippen molar-refractivity contribution in [2.75, 3.05) is 19.6 Å². The van der Waals surface area contributed by atoms with Crippen molar-refractivity contribution in [3.05, 3.63) is 51.7 Å². The number of nitrogens with one attached hydrogen (secondary N) is 1. The van der Waals surface area contributed by atoms with Crippen LogP contribution in [0, 0.1) is 17.0 Å². The molecule has 0 amide bonds. The predicted octanol–water partition coefficient (Wildman–Crippen LogP) is 2.76. The minimum absolute atomic E-state index is 0.0758. The van der Waals surface area contributed by atoms with Crippen molar-refractivity contribution in [3.8, 4) is 11.5 Å². The van der Waals surface area contributed by atoms with E-state index in [0.29, 0.717) is 11.5 Å². The molecule has 0 unspecified atom stereocenters. The Morgan fingerprint density at radius 3 is 2.65 bits per heavy atom. The highest BCUT2D eigenvalue weighted by molar-refractivity contribution is 5.83. The number of pyridine rings is 1. The van der Waals surface area contributed by atoms with E-state index < -0.39 is 4.92 Å². The highest BCUT2D eigenvalue weighted by Crippen LogP contribution is 2.29. The molecule has 1 aromatic heterocycles. The molecule has 8 heteroatoms. The Labute approximate surface area is 132 Å². The second-order valence-electron chi connectivity index (χ2n) is 4.56. The van der Waals surface area contributed by atoms with E-state index in [0.717, 1.165) is 11.1 Å². The fourth-order valence-corrected chi connectivity index (χ4v) is 1.93. The van der Waals surface area contributed by atoms with Gasteiger partial charge in [-0.2, -0.15) is 5.10 Å². The molecule has 0 aliphatic heterocycles. The maximum atomic E-state index is 10.9. The lowest BCUT2D eigenvalue weighted by atomic mass is 10.1. The van der Waals surface area contributed by atoms with Crippen molar-refractivity contribution < 1.29 is 14.4 Å². The van der Waals surface area contributed by atoms with Crippen molar-refractivity contribution in [2.45, 2.75) is 6.92 Å². The van der Waals surface area contributed by atoms with E-state index in [-0.39, 0.29) is 11.5 Å². The summed E-state index contributed by atoms with van der Waals surface area (Å²) in [6.07, 6.45) is 2.99. The molecule has 0 saturated carbocycles. The SMILES string of the molecule is COc1cc(C)c(C=NNc2ncccc2[N+](=O)[O-])cc1OC. The van der Waals surface area contributed by atoms with E-state index in [4.69, 9.17) is 9.47 Å². The third-order valence-electron chi connectivity index (χ3n) is 3.13. The normalized spacial score (nSPS) is 10.6. The van der Waals surface area contributed by atoms with Gasteiger partial charge in [0.25, 0.3) is 0 Å². The number of hydrogen-bond acceptors (Lipinski definition) is 7. The lowest BCUT2D eigenvalue weighted by Crippen LogP contribution is -2.00. The van der Waals surface area contributed by atoms with Gasteiger partial charge in [-0.15, -0.1) is 0 Å². The Morgan fingerprint density at radius 1 is 1.30 bits per heavy atom. The Morgan fingerprint density at radius 2 is 2.00 bits per heavy atom. The average Bonchev–Trinajstić information content (AvgIpc) is 2.56. The third-order valence-corrected chi connectivity index (χ3v) is 3.13. The number of ether oxygens (including phenoxy) is 2. The summed E-state index contributed by atoms with van der Waals surface area (Å²) >= 11 is 0. The molecule has 2 rings (SSSR count). The van der Waals surface area contributed by atoms with Crippen LogP contribution in [0.1, 0.15) is 11.1 Å². The van der Waals surface area contributed by atoms with E-state index in [1.165, 1.54) is 24.5 Å². The molecule has 0 spiro atoms. The average molecular weight is 316 g/mol. The first-order valence-corrected chi connectivity index (χ1v) is 6.68. The van der Waals surface area contributed by atoms with Gasteiger partial charge in [-0.1, -0.05) is 0 Å². The van der Waals surface area contributed by atoms with E-state index >= 15 is 0 Å². The molecular formula is C15H16N4O4. The van der Waals surface area contributed by atoms with Crippen LogP contribution in [0.5, 0.6) is 11.5 Å². The standard InChI is InChI=1S/C15H16N4O4/c1-10-7-13(22-2)14(23-3)8-11(10)9-17-18-15-12(19(20)21)5-4-6-16-15/h4-9H,1-3H3,(H,16,18). The number of anilines is 1. The zero-order valence-electron chi connectivity index (χ0n) is 12.9. The second-order valence-corrected chi connectivity index (χ2v) is 4.56. The molecule has 1 N–H and O–H groups in total. The maximum absolute atomic E-state index is 10.9. The van der Waals surface area contributed by atoms with Crippen molar-refractivity contribution in [1.82, 2.24) is 4.98 Å². The Hall–Kier alpha value is -3.16. The first kappa shape index (κ1) is 16.2. The van der Waals surface area contributed by atoms with Gasteiger partial charge in [0.1, 0.15) is 0 Å². The van der Waals surface area contributed by atoms with Gasteiger partial charge in [0.15, 0.2) is 11.5 Å². The largest absolute Gasteiger partial charge is 0.493 e. The first-order chi connectivity index (χ1) is 11.1.